The van der Waals surface area contributed by atoms with E-state index in [1.54, 1.807) is 72.7 Å². The minimum atomic E-state index is -1.06. The van der Waals surface area contributed by atoms with Crippen LogP contribution >= 0.6 is 0 Å². The van der Waals surface area contributed by atoms with Crippen LogP contribution in [-0.2, 0) is 30.3 Å². The Labute approximate surface area is 244 Å². The topological polar surface area (TPSA) is 114 Å². The lowest BCUT2D eigenvalue weighted by molar-refractivity contribution is -0.159. The summed E-state index contributed by atoms with van der Waals surface area (Å²) in [6, 6.07) is 15.2. The molecule has 0 saturated carbocycles. The van der Waals surface area contributed by atoms with Crippen molar-refractivity contribution < 1.29 is 28.7 Å². The van der Waals surface area contributed by atoms with Gasteiger partial charge >= 0.3 is 12.1 Å². The Kier molecular flexibility index (Phi) is 11.9. The molecule has 0 aliphatic heterocycles. The van der Waals surface area contributed by atoms with Crippen LogP contribution in [0.25, 0.3) is 0 Å². The van der Waals surface area contributed by atoms with Crippen LogP contribution in [0.5, 0.6) is 0 Å². The number of nitrogens with one attached hydrogen (secondary N) is 2. The third kappa shape index (κ3) is 11.3. The Morgan fingerprint density at radius 2 is 1.34 bits per heavy atom. The first-order valence-electron chi connectivity index (χ1n) is 14.0. The molecule has 41 heavy (non-hydrogen) atoms. The highest BCUT2D eigenvalue weighted by atomic mass is 16.6. The van der Waals surface area contributed by atoms with Crippen molar-refractivity contribution in [3.05, 3.63) is 71.8 Å². The number of amides is 3. The fourth-order valence-corrected chi connectivity index (χ4v) is 4.18. The number of nitrogens with zero attached hydrogens (tertiary/aromatic N) is 1. The summed E-state index contributed by atoms with van der Waals surface area (Å²) in [4.78, 5) is 54.9. The molecule has 3 amide bonds. The van der Waals surface area contributed by atoms with E-state index in [9.17, 15) is 19.2 Å². The van der Waals surface area contributed by atoms with Gasteiger partial charge in [-0.2, -0.15) is 0 Å². The molecule has 9 heteroatoms. The summed E-state index contributed by atoms with van der Waals surface area (Å²) in [5.41, 5.74) is -0.0871. The number of alkyl carbamates (subject to hydrolysis) is 1. The molecule has 9 nitrogen and oxygen atoms in total. The van der Waals surface area contributed by atoms with Crippen LogP contribution in [0.2, 0.25) is 0 Å². The van der Waals surface area contributed by atoms with Gasteiger partial charge in [-0.3, -0.25) is 9.59 Å². The second-order valence-electron chi connectivity index (χ2n) is 12.0. The van der Waals surface area contributed by atoms with Gasteiger partial charge in [-0.25, -0.2) is 9.59 Å². The van der Waals surface area contributed by atoms with E-state index in [-0.39, 0.29) is 13.0 Å². The molecule has 2 aromatic carbocycles. The molecular weight excluding hydrogens is 522 g/mol. The van der Waals surface area contributed by atoms with Gasteiger partial charge in [-0.1, -0.05) is 67.6 Å². The van der Waals surface area contributed by atoms with Crippen molar-refractivity contribution in [2.45, 2.75) is 97.6 Å². The van der Waals surface area contributed by atoms with Gasteiger partial charge in [0.2, 0.25) is 11.8 Å². The highest BCUT2D eigenvalue weighted by Crippen LogP contribution is 2.24. The summed E-state index contributed by atoms with van der Waals surface area (Å²) in [5.74, 6) is -1.57. The highest BCUT2D eigenvalue weighted by molar-refractivity contribution is 5.93. The first kappa shape index (κ1) is 33.3. The minimum Gasteiger partial charge on any atom is -0.458 e. The maximum absolute atomic E-state index is 14.0. The molecule has 0 spiro atoms. The highest BCUT2D eigenvalue weighted by Gasteiger charge is 2.36. The fourth-order valence-electron chi connectivity index (χ4n) is 4.18. The van der Waals surface area contributed by atoms with Crippen molar-refractivity contribution in [3.63, 3.8) is 0 Å². The number of carbonyl (C=O) groups is 4. The Morgan fingerprint density at radius 1 is 0.805 bits per heavy atom. The van der Waals surface area contributed by atoms with E-state index in [1.807, 2.05) is 43.3 Å². The zero-order valence-corrected chi connectivity index (χ0v) is 25.5. The summed E-state index contributed by atoms with van der Waals surface area (Å²) in [7, 11) is 0. The smallest absolute Gasteiger partial charge is 0.408 e. The van der Waals surface area contributed by atoms with Gasteiger partial charge in [0.1, 0.15) is 29.3 Å². The van der Waals surface area contributed by atoms with Gasteiger partial charge in [0.15, 0.2) is 0 Å². The summed E-state index contributed by atoms with van der Waals surface area (Å²) in [6.45, 7) is 14.2. The first-order chi connectivity index (χ1) is 19.1. The monoisotopic (exact) mass is 567 g/mol. The van der Waals surface area contributed by atoms with Crippen molar-refractivity contribution >= 4 is 23.9 Å². The molecule has 0 aliphatic carbocycles. The Balaban J connectivity index is 2.43. The largest absolute Gasteiger partial charge is 0.458 e. The molecule has 0 fully saturated rings. The van der Waals surface area contributed by atoms with Gasteiger partial charge in [-0.15, -0.1) is 0 Å². The minimum absolute atomic E-state index is 0.210. The van der Waals surface area contributed by atoms with E-state index in [0.717, 1.165) is 5.56 Å². The number of esters is 1. The van der Waals surface area contributed by atoms with Gasteiger partial charge in [0.25, 0.3) is 0 Å². The Hall–Kier alpha value is -3.88. The van der Waals surface area contributed by atoms with E-state index in [0.29, 0.717) is 12.0 Å². The number of hydrogen-bond acceptors (Lipinski definition) is 6. The summed E-state index contributed by atoms with van der Waals surface area (Å²) >= 11 is 0. The Morgan fingerprint density at radius 3 is 1.85 bits per heavy atom. The van der Waals surface area contributed by atoms with Crippen LogP contribution in [0.15, 0.2) is 60.7 Å². The first-order valence-corrected chi connectivity index (χ1v) is 14.0. The molecule has 0 radical (unpaired) electrons. The average Bonchev–Trinajstić information content (AvgIpc) is 2.86. The maximum atomic E-state index is 14.0. The van der Waals surface area contributed by atoms with Gasteiger partial charge in [0, 0.05) is 13.0 Å². The number of hydrogen-bond donors (Lipinski definition) is 2. The molecule has 2 N–H and O–H groups in total. The molecule has 224 valence electrons. The van der Waals surface area contributed by atoms with Crippen LogP contribution in [-0.4, -0.2) is 58.6 Å². The van der Waals surface area contributed by atoms with Crippen LogP contribution in [0.1, 0.15) is 79.0 Å². The maximum Gasteiger partial charge on any atom is 0.408 e. The number of rotatable bonds is 11. The normalized spacial score (nSPS) is 13.8. The third-order valence-electron chi connectivity index (χ3n) is 5.82. The number of ether oxygens (including phenoxy) is 2. The molecular formula is C32H45N3O6. The molecule has 0 bridgehead atoms. The summed E-state index contributed by atoms with van der Waals surface area (Å²) in [6.07, 6.45) is 0.0332. The lowest BCUT2D eigenvalue weighted by Crippen LogP contribution is -2.54. The molecule has 0 heterocycles. The summed E-state index contributed by atoms with van der Waals surface area (Å²) in [5, 5.41) is 5.45. The zero-order valence-electron chi connectivity index (χ0n) is 25.5. The number of benzene rings is 2. The lowest BCUT2D eigenvalue weighted by Gasteiger charge is -2.34. The van der Waals surface area contributed by atoms with Crippen LogP contribution < -0.4 is 10.6 Å². The van der Waals surface area contributed by atoms with Crippen LogP contribution in [0.4, 0.5) is 4.79 Å². The fraction of sp³-hybridized carbons (Fsp3) is 0.500. The molecule has 3 atom stereocenters. The van der Waals surface area contributed by atoms with E-state index in [1.165, 1.54) is 4.90 Å². The van der Waals surface area contributed by atoms with E-state index in [2.05, 4.69) is 10.6 Å². The molecule has 2 aromatic rings. The standard InChI is InChI=1S/C32H45N3O6/c1-9-20-35(28(37)22(2)33-30(39)41-32(6,7)8)26(24-18-14-11-15-19-24)27(36)34-25(29(38)40-31(3,4)5)21-23-16-12-10-13-17-23/h10-19,22,25-26H,9,20-21H2,1-8H3,(H,33,39)(H,34,36). The Bertz CT molecular complexity index is 1160. The van der Waals surface area contributed by atoms with E-state index >= 15 is 0 Å². The van der Waals surface area contributed by atoms with Crippen molar-refractivity contribution in [3.8, 4) is 0 Å². The van der Waals surface area contributed by atoms with Gasteiger partial charge in [0.05, 0.1) is 0 Å². The zero-order chi connectivity index (χ0) is 30.8. The van der Waals surface area contributed by atoms with Gasteiger partial charge < -0.3 is 25.0 Å². The second-order valence-corrected chi connectivity index (χ2v) is 12.0. The van der Waals surface area contributed by atoms with Crippen molar-refractivity contribution in [2.24, 2.45) is 0 Å². The quantitative estimate of drug-likeness (QED) is 0.372. The molecule has 2 rings (SSSR count). The van der Waals surface area contributed by atoms with Crippen molar-refractivity contribution in [1.82, 2.24) is 15.5 Å². The second kappa shape index (κ2) is 14.7. The van der Waals surface area contributed by atoms with E-state index in [4.69, 9.17) is 9.47 Å². The number of carbonyl (C=O) groups excluding carboxylic acids is 4. The van der Waals surface area contributed by atoms with Crippen LogP contribution in [0.3, 0.4) is 0 Å². The molecule has 0 aromatic heterocycles. The van der Waals surface area contributed by atoms with Gasteiger partial charge in [-0.05, 0) is 66.0 Å². The SMILES string of the molecule is CCCN(C(=O)C(C)NC(=O)OC(C)(C)C)C(C(=O)NC(Cc1ccccc1)C(=O)OC(C)(C)C)c1ccccc1. The van der Waals surface area contributed by atoms with Crippen LogP contribution in [0, 0.1) is 0 Å². The summed E-state index contributed by atoms with van der Waals surface area (Å²) < 4.78 is 11.0. The lowest BCUT2D eigenvalue weighted by atomic mass is 10.0. The van der Waals surface area contributed by atoms with E-state index < -0.39 is 53.2 Å². The third-order valence-corrected chi connectivity index (χ3v) is 5.82. The average molecular weight is 568 g/mol. The predicted octanol–water partition coefficient (Wildman–Crippen LogP) is 4.95. The van der Waals surface area contributed by atoms with Crippen molar-refractivity contribution in [2.75, 3.05) is 6.54 Å². The molecule has 3 unspecified atom stereocenters. The molecule has 0 saturated heterocycles. The van der Waals surface area contributed by atoms with Crippen molar-refractivity contribution in [1.29, 1.82) is 0 Å². The molecule has 0 aliphatic rings. The predicted molar refractivity (Wildman–Crippen MR) is 158 cm³/mol.